The Morgan fingerprint density at radius 1 is 1.60 bits per heavy atom. The lowest BCUT2D eigenvalue weighted by atomic mass is 10.3. The highest BCUT2D eigenvalue weighted by atomic mass is 79.9. The van der Waals surface area contributed by atoms with Crippen LogP contribution in [0.4, 0.5) is 0 Å². The van der Waals surface area contributed by atoms with Gasteiger partial charge in [-0.15, -0.1) is 11.3 Å². The molecule has 0 fully saturated rings. The number of thiazole rings is 1. The van der Waals surface area contributed by atoms with Gasteiger partial charge in [-0.3, -0.25) is 0 Å². The second-order valence-corrected chi connectivity index (χ2v) is 6.28. The number of aromatic nitrogens is 1. The van der Waals surface area contributed by atoms with Crippen molar-refractivity contribution < 1.29 is 0 Å². The lowest BCUT2D eigenvalue weighted by Crippen LogP contribution is -2.23. The fraction of sp³-hybridized carbons (Fsp3) is 0.700. The minimum atomic E-state index is 0.350. The normalized spacial score (nSPS) is 13.4. The summed E-state index contributed by atoms with van der Waals surface area (Å²) in [6.45, 7) is 4.32. The summed E-state index contributed by atoms with van der Waals surface area (Å²) in [7, 11) is 4.20. The van der Waals surface area contributed by atoms with Crippen molar-refractivity contribution in [3.8, 4) is 0 Å². The Hall–Kier alpha value is 0.0300. The first-order valence-electron chi connectivity index (χ1n) is 5.09. The molecule has 3 nitrogen and oxygen atoms in total. The largest absolute Gasteiger partial charge is 0.309 e. The standard InChI is InChI=1S/C10H18BrN3S/c1-8(10-13-7-9(11)15-10)12-5-4-6-14(2)3/h7-8,12H,4-6H2,1-3H3. The van der Waals surface area contributed by atoms with Crippen LogP contribution in [0.3, 0.4) is 0 Å². The highest BCUT2D eigenvalue weighted by Gasteiger charge is 2.08. The van der Waals surface area contributed by atoms with Crippen LogP contribution in [0, 0.1) is 0 Å². The minimum Gasteiger partial charge on any atom is -0.309 e. The van der Waals surface area contributed by atoms with Crippen molar-refractivity contribution in [2.45, 2.75) is 19.4 Å². The van der Waals surface area contributed by atoms with Crippen LogP contribution in [0.2, 0.25) is 0 Å². The van der Waals surface area contributed by atoms with Crippen LogP contribution < -0.4 is 5.32 Å². The molecule has 1 atom stereocenters. The topological polar surface area (TPSA) is 28.2 Å². The zero-order valence-corrected chi connectivity index (χ0v) is 11.9. The Morgan fingerprint density at radius 2 is 2.33 bits per heavy atom. The number of halogens is 1. The predicted molar refractivity (Wildman–Crippen MR) is 69.4 cm³/mol. The van der Waals surface area contributed by atoms with Crippen LogP contribution >= 0.6 is 27.3 Å². The minimum absolute atomic E-state index is 0.350. The van der Waals surface area contributed by atoms with E-state index in [1.165, 1.54) is 6.42 Å². The summed E-state index contributed by atoms with van der Waals surface area (Å²) in [6.07, 6.45) is 3.03. The molecule has 1 unspecified atom stereocenters. The lowest BCUT2D eigenvalue weighted by molar-refractivity contribution is 0.389. The van der Waals surface area contributed by atoms with Crippen molar-refractivity contribution >= 4 is 27.3 Å². The molecule has 0 aliphatic heterocycles. The molecular formula is C10H18BrN3S. The molecule has 1 aromatic rings. The monoisotopic (exact) mass is 291 g/mol. The molecule has 15 heavy (non-hydrogen) atoms. The van der Waals surface area contributed by atoms with Crippen molar-refractivity contribution in [2.24, 2.45) is 0 Å². The molecule has 0 aliphatic carbocycles. The SMILES string of the molecule is CC(NCCCN(C)C)c1ncc(Br)s1. The molecule has 0 saturated carbocycles. The second kappa shape index (κ2) is 6.58. The van der Waals surface area contributed by atoms with Crippen molar-refractivity contribution in [3.05, 3.63) is 15.0 Å². The molecule has 0 amide bonds. The van der Waals surface area contributed by atoms with Gasteiger partial charge in [0.05, 0.1) is 16.0 Å². The van der Waals surface area contributed by atoms with Crippen LogP contribution in [-0.4, -0.2) is 37.1 Å². The third-order valence-electron chi connectivity index (χ3n) is 2.10. The number of hydrogen-bond donors (Lipinski definition) is 1. The molecule has 0 spiro atoms. The number of hydrogen-bond acceptors (Lipinski definition) is 4. The Morgan fingerprint density at radius 3 is 2.87 bits per heavy atom. The van der Waals surface area contributed by atoms with E-state index in [-0.39, 0.29) is 0 Å². The fourth-order valence-electron chi connectivity index (χ4n) is 1.27. The van der Waals surface area contributed by atoms with Gasteiger partial charge in [-0.05, 0) is 56.5 Å². The molecule has 1 rings (SSSR count). The molecule has 0 saturated heterocycles. The quantitative estimate of drug-likeness (QED) is 0.817. The van der Waals surface area contributed by atoms with Crippen LogP contribution in [0.15, 0.2) is 9.98 Å². The maximum Gasteiger partial charge on any atom is 0.110 e. The van der Waals surface area contributed by atoms with E-state index in [2.05, 4.69) is 52.1 Å². The van der Waals surface area contributed by atoms with Gasteiger partial charge in [0.1, 0.15) is 5.01 Å². The third kappa shape index (κ3) is 5.06. The summed E-state index contributed by atoms with van der Waals surface area (Å²) in [4.78, 5) is 6.53. The maximum atomic E-state index is 4.33. The zero-order chi connectivity index (χ0) is 11.3. The Kier molecular flexibility index (Phi) is 5.74. The smallest absolute Gasteiger partial charge is 0.110 e. The van der Waals surface area contributed by atoms with Gasteiger partial charge in [0.15, 0.2) is 0 Å². The number of rotatable bonds is 6. The van der Waals surface area contributed by atoms with Gasteiger partial charge in [0.25, 0.3) is 0 Å². The summed E-state index contributed by atoms with van der Waals surface area (Å²) in [5, 5.41) is 4.61. The molecule has 1 aromatic heterocycles. The van der Waals surface area contributed by atoms with Crippen molar-refractivity contribution in [1.82, 2.24) is 15.2 Å². The summed E-state index contributed by atoms with van der Waals surface area (Å²) in [6, 6.07) is 0.350. The van der Waals surface area contributed by atoms with Gasteiger partial charge < -0.3 is 10.2 Å². The second-order valence-electron chi connectivity index (χ2n) is 3.84. The first kappa shape index (κ1) is 13.1. The average molecular weight is 292 g/mol. The molecule has 86 valence electrons. The van der Waals surface area contributed by atoms with Crippen LogP contribution in [0.25, 0.3) is 0 Å². The average Bonchev–Trinajstić information content (AvgIpc) is 2.59. The summed E-state index contributed by atoms with van der Waals surface area (Å²) in [5.41, 5.74) is 0. The van der Waals surface area contributed by atoms with E-state index in [4.69, 9.17) is 0 Å². The lowest BCUT2D eigenvalue weighted by Gasteiger charge is -2.13. The van der Waals surface area contributed by atoms with Crippen molar-refractivity contribution in [1.29, 1.82) is 0 Å². The van der Waals surface area contributed by atoms with Gasteiger partial charge in [-0.2, -0.15) is 0 Å². The molecule has 0 radical (unpaired) electrons. The van der Waals surface area contributed by atoms with E-state index in [1.807, 2.05) is 6.20 Å². The number of nitrogens with zero attached hydrogens (tertiary/aromatic N) is 2. The molecular weight excluding hydrogens is 274 g/mol. The van der Waals surface area contributed by atoms with Crippen LogP contribution in [0.5, 0.6) is 0 Å². The molecule has 1 N–H and O–H groups in total. The zero-order valence-electron chi connectivity index (χ0n) is 9.46. The highest BCUT2D eigenvalue weighted by Crippen LogP contribution is 2.23. The Balaban J connectivity index is 2.21. The van der Waals surface area contributed by atoms with Gasteiger partial charge >= 0.3 is 0 Å². The summed E-state index contributed by atoms with van der Waals surface area (Å²) < 4.78 is 1.10. The van der Waals surface area contributed by atoms with E-state index in [0.717, 1.165) is 21.9 Å². The van der Waals surface area contributed by atoms with Crippen molar-refractivity contribution in [2.75, 3.05) is 27.2 Å². The summed E-state index contributed by atoms with van der Waals surface area (Å²) >= 11 is 5.12. The van der Waals surface area contributed by atoms with E-state index in [9.17, 15) is 0 Å². The maximum absolute atomic E-state index is 4.33. The predicted octanol–water partition coefficient (Wildman–Crippen LogP) is 2.51. The third-order valence-corrected chi connectivity index (χ3v) is 3.76. The number of nitrogens with one attached hydrogen (secondary N) is 1. The van der Waals surface area contributed by atoms with Gasteiger partial charge in [-0.1, -0.05) is 0 Å². The molecule has 1 heterocycles. The van der Waals surface area contributed by atoms with Crippen molar-refractivity contribution in [3.63, 3.8) is 0 Å². The Bertz CT molecular complexity index is 288. The van der Waals surface area contributed by atoms with E-state index >= 15 is 0 Å². The molecule has 5 heteroatoms. The Labute approximate surface area is 104 Å². The van der Waals surface area contributed by atoms with E-state index in [0.29, 0.717) is 6.04 Å². The summed E-state index contributed by atoms with van der Waals surface area (Å²) in [5.74, 6) is 0. The molecule has 0 aromatic carbocycles. The van der Waals surface area contributed by atoms with Gasteiger partial charge in [-0.25, -0.2) is 4.98 Å². The van der Waals surface area contributed by atoms with E-state index < -0.39 is 0 Å². The van der Waals surface area contributed by atoms with Gasteiger partial charge in [0.2, 0.25) is 0 Å². The van der Waals surface area contributed by atoms with Crippen LogP contribution in [-0.2, 0) is 0 Å². The van der Waals surface area contributed by atoms with E-state index in [1.54, 1.807) is 11.3 Å². The van der Waals surface area contributed by atoms with Crippen LogP contribution in [0.1, 0.15) is 24.4 Å². The highest BCUT2D eigenvalue weighted by molar-refractivity contribution is 9.11. The first-order chi connectivity index (χ1) is 7.09. The first-order valence-corrected chi connectivity index (χ1v) is 6.70. The molecule has 0 bridgehead atoms. The molecule has 0 aliphatic rings. The fourth-order valence-corrected chi connectivity index (χ4v) is 2.54. The van der Waals surface area contributed by atoms with Gasteiger partial charge in [0, 0.05) is 0 Å².